The van der Waals surface area contributed by atoms with Crippen molar-refractivity contribution < 1.29 is 4.42 Å². The molecule has 2 heterocycles. The summed E-state index contributed by atoms with van der Waals surface area (Å²) in [6, 6.07) is 1.87. The highest BCUT2D eigenvalue weighted by atomic mass is 16.4. The van der Waals surface area contributed by atoms with Crippen molar-refractivity contribution in [3.63, 3.8) is 0 Å². The molecule has 2 aromatic rings. The summed E-state index contributed by atoms with van der Waals surface area (Å²) in [6.45, 7) is 6.55. The third-order valence-electron chi connectivity index (χ3n) is 2.23. The average Bonchev–Trinajstić information content (AvgIpc) is 2.86. The fourth-order valence-corrected chi connectivity index (χ4v) is 1.29. The van der Waals surface area contributed by atoms with E-state index >= 15 is 0 Å². The Bertz CT molecular complexity index is 555. The molecule has 17 heavy (non-hydrogen) atoms. The zero-order chi connectivity index (χ0) is 12.5. The quantitative estimate of drug-likeness (QED) is 0.782. The molecule has 88 valence electrons. The van der Waals surface area contributed by atoms with Crippen LogP contribution in [0.15, 0.2) is 16.9 Å². The summed E-state index contributed by atoms with van der Waals surface area (Å²) in [4.78, 5) is 7.98. The lowest BCUT2D eigenvalue weighted by molar-refractivity contribution is 0.372. The maximum atomic E-state index is 8.60. The van der Waals surface area contributed by atoms with E-state index in [2.05, 4.69) is 35.8 Å². The Morgan fingerprint density at radius 1 is 1.41 bits per heavy atom. The van der Waals surface area contributed by atoms with Crippen molar-refractivity contribution in [2.45, 2.75) is 32.7 Å². The van der Waals surface area contributed by atoms with Gasteiger partial charge in [-0.25, -0.2) is 14.6 Å². The Kier molecular flexibility index (Phi) is 2.68. The van der Waals surface area contributed by atoms with Crippen LogP contribution < -0.4 is 0 Å². The maximum absolute atomic E-state index is 8.60. The van der Waals surface area contributed by atoms with Crippen LogP contribution in [0.5, 0.6) is 0 Å². The molecular formula is C11H13N5O. The minimum Gasteiger partial charge on any atom is -0.443 e. The van der Waals surface area contributed by atoms with E-state index in [0.717, 1.165) is 5.76 Å². The first-order valence-electron chi connectivity index (χ1n) is 5.24. The zero-order valence-electron chi connectivity index (χ0n) is 10.0. The number of rotatable bonds is 2. The van der Waals surface area contributed by atoms with Crippen molar-refractivity contribution in [3.05, 3.63) is 30.0 Å². The SMILES string of the molecule is CC(C)(C)c1cnc(Cn2cnc(C#N)n2)o1. The van der Waals surface area contributed by atoms with Crippen LogP contribution in [-0.4, -0.2) is 19.7 Å². The molecule has 0 aromatic carbocycles. The van der Waals surface area contributed by atoms with Gasteiger partial charge in [0.25, 0.3) is 5.82 Å². The Balaban J connectivity index is 2.15. The molecule has 0 unspecified atom stereocenters. The van der Waals surface area contributed by atoms with E-state index in [1.807, 2.05) is 6.07 Å². The predicted molar refractivity (Wildman–Crippen MR) is 59.0 cm³/mol. The fourth-order valence-electron chi connectivity index (χ4n) is 1.29. The van der Waals surface area contributed by atoms with Crippen LogP contribution in [0.1, 0.15) is 38.2 Å². The van der Waals surface area contributed by atoms with E-state index in [1.54, 1.807) is 6.20 Å². The Morgan fingerprint density at radius 3 is 2.71 bits per heavy atom. The lowest BCUT2D eigenvalue weighted by atomic mass is 9.94. The van der Waals surface area contributed by atoms with Crippen LogP contribution in [0.2, 0.25) is 0 Å². The Labute approximate surface area is 98.9 Å². The van der Waals surface area contributed by atoms with E-state index in [-0.39, 0.29) is 11.2 Å². The number of hydrogen-bond acceptors (Lipinski definition) is 5. The van der Waals surface area contributed by atoms with Gasteiger partial charge in [0.15, 0.2) is 0 Å². The summed E-state index contributed by atoms with van der Waals surface area (Å²) >= 11 is 0. The molecule has 0 bridgehead atoms. The predicted octanol–water partition coefficient (Wildman–Crippen LogP) is 1.48. The summed E-state index contributed by atoms with van der Waals surface area (Å²) < 4.78 is 7.14. The van der Waals surface area contributed by atoms with Gasteiger partial charge in [-0.05, 0) is 0 Å². The first kappa shape index (κ1) is 11.3. The number of aromatic nitrogens is 4. The number of nitrogens with zero attached hydrogens (tertiary/aromatic N) is 5. The van der Waals surface area contributed by atoms with Crippen molar-refractivity contribution in [2.75, 3.05) is 0 Å². The number of oxazole rings is 1. The largest absolute Gasteiger partial charge is 0.443 e. The van der Waals surface area contributed by atoms with Crippen molar-refractivity contribution in [3.8, 4) is 6.07 Å². The molecule has 0 fully saturated rings. The second-order valence-electron chi connectivity index (χ2n) is 4.75. The van der Waals surface area contributed by atoms with Crippen molar-refractivity contribution in [1.29, 1.82) is 5.26 Å². The first-order chi connectivity index (χ1) is 7.99. The lowest BCUT2D eigenvalue weighted by Gasteiger charge is -2.12. The first-order valence-corrected chi connectivity index (χ1v) is 5.24. The van der Waals surface area contributed by atoms with Gasteiger partial charge < -0.3 is 4.42 Å². The van der Waals surface area contributed by atoms with Crippen molar-refractivity contribution >= 4 is 0 Å². The second-order valence-corrected chi connectivity index (χ2v) is 4.75. The molecule has 6 nitrogen and oxygen atoms in total. The van der Waals surface area contributed by atoms with Crippen molar-refractivity contribution in [1.82, 2.24) is 19.7 Å². The molecule has 0 aliphatic heterocycles. The standard InChI is InChI=1S/C11H13N5O/c1-11(2,3)8-5-13-10(17-8)6-16-7-14-9(4-12)15-16/h5,7H,6H2,1-3H3. The minimum atomic E-state index is -0.0641. The van der Waals surface area contributed by atoms with Gasteiger partial charge in [-0.3, -0.25) is 0 Å². The smallest absolute Gasteiger partial charge is 0.252 e. The van der Waals surface area contributed by atoms with Gasteiger partial charge in [0.05, 0.1) is 6.20 Å². The number of hydrogen-bond donors (Lipinski definition) is 0. The van der Waals surface area contributed by atoms with Gasteiger partial charge in [0.1, 0.15) is 24.7 Å². The fraction of sp³-hybridized carbons (Fsp3) is 0.455. The van der Waals surface area contributed by atoms with Crippen LogP contribution in [-0.2, 0) is 12.0 Å². The highest BCUT2D eigenvalue weighted by Gasteiger charge is 2.19. The molecule has 0 amide bonds. The second kappa shape index (κ2) is 4.01. The summed E-state index contributed by atoms with van der Waals surface area (Å²) in [7, 11) is 0. The molecule has 2 aromatic heterocycles. The molecule has 0 aliphatic carbocycles. The highest BCUT2D eigenvalue weighted by molar-refractivity contribution is 5.07. The molecule has 2 rings (SSSR count). The molecule has 0 radical (unpaired) electrons. The van der Waals surface area contributed by atoms with Crippen LogP contribution in [0.25, 0.3) is 0 Å². The van der Waals surface area contributed by atoms with Crippen LogP contribution in [0.4, 0.5) is 0 Å². The summed E-state index contributed by atoms with van der Waals surface area (Å²) in [6.07, 6.45) is 3.21. The topological polar surface area (TPSA) is 80.5 Å². The number of nitriles is 1. The van der Waals surface area contributed by atoms with E-state index in [4.69, 9.17) is 9.68 Å². The molecule has 0 aliphatic rings. The van der Waals surface area contributed by atoms with E-state index in [1.165, 1.54) is 11.0 Å². The molecule has 6 heteroatoms. The Hall–Kier alpha value is -2.16. The van der Waals surface area contributed by atoms with Gasteiger partial charge >= 0.3 is 0 Å². The minimum absolute atomic E-state index is 0.0641. The summed E-state index contributed by atoms with van der Waals surface area (Å²) in [5.41, 5.74) is -0.0641. The Morgan fingerprint density at radius 2 is 2.18 bits per heavy atom. The molecule has 0 saturated carbocycles. The van der Waals surface area contributed by atoms with Crippen molar-refractivity contribution in [2.24, 2.45) is 0 Å². The van der Waals surface area contributed by atoms with Gasteiger partial charge in [-0.1, -0.05) is 20.8 Å². The van der Waals surface area contributed by atoms with E-state index < -0.39 is 0 Å². The summed E-state index contributed by atoms with van der Waals surface area (Å²) in [5, 5.41) is 12.5. The average molecular weight is 231 g/mol. The normalized spacial score (nSPS) is 11.4. The third-order valence-corrected chi connectivity index (χ3v) is 2.23. The molecule has 0 spiro atoms. The summed E-state index contributed by atoms with van der Waals surface area (Å²) in [5.74, 6) is 1.53. The van der Waals surface area contributed by atoms with E-state index in [0.29, 0.717) is 12.4 Å². The van der Waals surface area contributed by atoms with Crippen LogP contribution in [0.3, 0.4) is 0 Å². The van der Waals surface area contributed by atoms with Crippen LogP contribution >= 0.6 is 0 Å². The van der Waals surface area contributed by atoms with Gasteiger partial charge in [0, 0.05) is 5.41 Å². The van der Waals surface area contributed by atoms with Gasteiger partial charge in [-0.15, -0.1) is 5.10 Å². The maximum Gasteiger partial charge on any atom is 0.252 e. The highest BCUT2D eigenvalue weighted by Crippen LogP contribution is 2.22. The zero-order valence-corrected chi connectivity index (χ0v) is 10.0. The van der Waals surface area contributed by atoms with Gasteiger partial charge in [0.2, 0.25) is 5.89 Å². The molecule has 0 atom stereocenters. The molecule has 0 N–H and O–H groups in total. The molecule has 0 saturated heterocycles. The molecular weight excluding hydrogens is 218 g/mol. The van der Waals surface area contributed by atoms with Crippen LogP contribution in [0, 0.1) is 11.3 Å². The third kappa shape index (κ3) is 2.50. The van der Waals surface area contributed by atoms with E-state index in [9.17, 15) is 0 Å². The van der Waals surface area contributed by atoms with Gasteiger partial charge in [-0.2, -0.15) is 5.26 Å². The lowest BCUT2D eigenvalue weighted by Crippen LogP contribution is -2.09. The monoisotopic (exact) mass is 231 g/mol.